The van der Waals surface area contributed by atoms with E-state index in [4.69, 9.17) is 8.94 Å². The van der Waals surface area contributed by atoms with E-state index in [2.05, 4.69) is 25.3 Å². The molecule has 7 nitrogen and oxygen atoms in total. The number of nitrogens with zero attached hydrogens (tertiary/aromatic N) is 5. The summed E-state index contributed by atoms with van der Waals surface area (Å²) in [6.45, 7) is 0. The van der Waals surface area contributed by atoms with Gasteiger partial charge >= 0.3 is 0 Å². The maximum Gasteiger partial charge on any atom is 0.276 e. The van der Waals surface area contributed by atoms with Crippen molar-refractivity contribution in [3.05, 3.63) is 36.3 Å². The maximum absolute atomic E-state index is 5.50. The van der Waals surface area contributed by atoms with Gasteiger partial charge in [-0.15, -0.1) is 10.2 Å². The molecule has 0 aliphatic heterocycles. The zero-order valence-corrected chi connectivity index (χ0v) is 14.1. The van der Waals surface area contributed by atoms with Gasteiger partial charge in [-0.1, -0.05) is 16.9 Å². The lowest BCUT2D eigenvalue weighted by molar-refractivity contribution is 0.378. The van der Waals surface area contributed by atoms with E-state index in [0.717, 1.165) is 29.9 Å². The van der Waals surface area contributed by atoms with Crippen molar-refractivity contribution >= 4 is 23.5 Å². The summed E-state index contributed by atoms with van der Waals surface area (Å²) >= 11 is 3.20. The summed E-state index contributed by atoms with van der Waals surface area (Å²) in [7, 11) is 0. The molecule has 0 unspecified atom stereocenters. The third kappa shape index (κ3) is 4.55. The second-order valence-electron chi connectivity index (χ2n) is 4.59. The zero-order valence-electron chi connectivity index (χ0n) is 12.5. The summed E-state index contributed by atoms with van der Waals surface area (Å²) in [5.74, 6) is 3.49. The first-order valence-electron chi connectivity index (χ1n) is 7.02. The predicted octanol–water partition coefficient (Wildman–Crippen LogP) is 3.10. The molecule has 0 aliphatic carbocycles. The molecule has 0 radical (unpaired) electrons. The number of hydrogen-bond donors (Lipinski definition) is 0. The van der Waals surface area contributed by atoms with Gasteiger partial charge in [0.05, 0.1) is 5.75 Å². The first-order valence-corrected chi connectivity index (χ1v) is 9.40. The molecule has 0 spiro atoms. The van der Waals surface area contributed by atoms with Crippen LogP contribution in [0, 0.1) is 0 Å². The molecule has 9 heteroatoms. The highest BCUT2D eigenvalue weighted by Crippen LogP contribution is 2.20. The van der Waals surface area contributed by atoms with Gasteiger partial charge in [-0.25, -0.2) is 0 Å². The molecule has 0 saturated heterocycles. The number of aromatic nitrogens is 5. The smallest absolute Gasteiger partial charge is 0.276 e. The molecule has 0 fully saturated rings. The quantitative estimate of drug-likeness (QED) is 0.449. The van der Waals surface area contributed by atoms with Crippen molar-refractivity contribution in [3.63, 3.8) is 0 Å². The van der Waals surface area contributed by atoms with Gasteiger partial charge in [-0.2, -0.15) is 16.7 Å². The Hall–Kier alpha value is -1.87. The van der Waals surface area contributed by atoms with Crippen LogP contribution in [0.1, 0.15) is 18.2 Å². The third-order valence-corrected chi connectivity index (χ3v) is 4.32. The van der Waals surface area contributed by atoms with Gasteiger partial charge in [-0.05, 0) is 24.8 Å². The minimum Gasteiger partial charge on any atom is -0.415 e. The first kappa shape index (κ1) is 16.0. The molecule has 0 N–H and O–H groups in total. The van der Waals surface area contributed by atoms with Crippen LogP contribution in [0.5, 0.6) is 0 Å². The van der Waals surface area contributed by atoms with Gasteiger partial charge in [-0.3, -0.25) is 4.98 Å². The molecule has 0 aliphatic rings. The van der Waals surface area contributed by atoms with E-state index in [1.807, 2.05) is 18.4 Å². The summed E-state index contributed by atoms with van der Waals surface area (Å²) in [6.07, 6.45) is 7.02. The van der Waals surface area contributed by atoms with Crippen LogP contribution in [0.15, 0.2) is 38.7 Å². The predicted molar refractivity (Wildman–Crippen MR) is 88.1 cm³/mol. The number of thioether (sulfide) groups is 2. The standard InChI is InChI=1S/C14H15N5O2S2/c1-22-9-12-17-18-14(20-12)23-8-2-3-11-16-13(19-21-11)10-4-6-15-7-5-10/h4-7H,2-3,8-9H2,1H3. The highest BCUT2D eigenvalue weighted by atomic mass is 32.2. The molecule has 120 valence electrons. The van der Waals surface area contributed by atoms with Gasteiger partial charge in [0.25, 0.3) is 5.22 Å². The van der Waals surface area contributed by atoms with Gasteiger partial charge in [0.2, 0.25) is 17.6 Å². The molecular weight excluding hydrogens is 334 g/mol. The van der Waals surface area contributed by atoms with Crippen LogP contribution >= 0.6 is 23.5 Å². The molecule has 3 aromatic heterocycles. The molecule has 3 heterocycles. The Morgan fingerprint density at radius 1 is 1.13 bits per heavy atom. The second-order valence-corrected chi connectivity index (χ2v) is 6.51. The van der Waals surface area contributed by atoms with Crippen LogP contribution in [-0.4, -0.2) is 37.3 Å². The van der Waals surface area contributed by atoms with Crippen molar-refractivity contribution in [1.29, 1.82) is 0 Å². The average Bonchev–Trinajstić information content (AvgIpc) is 3.22. The van der Waals surface area contributed by atoms with Crippen molar-refractivity contribution < 1.29 is 8.94 Å². The van der Waals surface area contributed by atoms with Crippen LogP contribution in [0.3, 0.4) is 0 Å². The molecule has 0 saturated carbocycles. The molecule has 23 heavy (non-hydrogen) atoms. The number of rotatable bonds is 8. The fourth-order valence-corrected chi connectivity index (χ4v) is 2.92. The van der Waals surface area contributed by atoms with Gasteiger partial charge in [0.15, 0.2) is 0 Å². The Morgan fingerprint density at radius 3 is 2.83 bits per heavy atom. The minimum atomic E-state index is 0.591. The number of hydrogen-bond acceptors (Lipinski definition) is 9. The fourth-order valence-electron chi connectivity index (χ4n) is 1.84. The molecule has 0 amide bonds. The normalized spacial score (nSPS) is 11.0. The highest BCUT2D eigenvalue weighted by molar-refractivity contribution is 7.99. The van der Waals surface area contributed by atoms with E-state index < -0.39 is 0 Å². The largest absolute Gasteiger partial charge is 0.415 e. The van der Waals surface area contributed by atoms with Crippen LogP contribution < -0.4 is 0 Å². The summed E-state index contributed by atoms with van der Waals surface area (Å²) < 4.78 is 10.8. The van der Waals surface area contributed by atoms with Gasteiger partial charge in [0.1, 0.15) is 0 Å². The third-order valence-electron chi connectivity index (χ3n) is 2.88. The van der Waals surface area contributed by atoms with Crippen molar-refractivity contribution in [1.82, 2.24) is 25.3 Å². The lowest BCUT2D eigenvalue weighted by atomic mass is 10.2. The summed E-state index contributed by atoms with van der Waals surface area (Å²) in [6, 6.07) is 3.71. The van der Waals surface area contributed by atoms with E-state index in [1.165, 1.54) is 0 Å². The van der Waals surface area contributed by atoms with E-state index >= 15 is 0 Å². The van der Waals surface area contributed by atoms with Crippen LogP contribution in [-0.2, 0) is 12.2 Å². The molecule has 0 atom stereocenters. The summed E-state index contributed by atoms with van der Waals surface area (Å²) in [4.78, 5) is 8.35. The highest BCUT2D eigenvalue weighted by Gasteiger charge is 2.09. The number of aryl methyl sites for hydroxylation is 1. The van der Waals surface area contributed by atoms with Crippen LogP contribution in [0.2, 0.25) is 0 Å². The molecule has 0 bridgehead atoms. The van der Waals surface area contributed by atoms with Crippen molar-refractivity contribution in [2.75, 3.05) is 12.0 Å². The lowest BCUT2D eigenvalue weighted by Crippen LogP contribution is -1.89. The monoisotopic (exact) mass is 349 g/mol. The maximum atomic E-state index is 5.50. The number of pyridine rings is 1. The van der Waals surface area contributed by atoms with Crippen molar-refractivity contribution in [2.24, 2.45) is 0 Å². The SMILES string of the molecule is CSCc1nnc(SCCCc2nc(-c3ccncc3)no2)o1. The lowest BCUT2D eigenvalue weighted by Gasteiger charge is -1.94. The van der Waals surface area contributed by atoms with Crippen LogP contribution in [0.25, 0.3) is 11.4 Å². The molecule has 3 rings (SSSR count). The Kier molecular flexibility index (Phi) is 5.65. The second kappa shape index (κ2) is 8.11. The minimum absolute atomic E-state index is 0.591. The Bertz CT molecular complexity index is 732. The van der Waals surface area contributed by atoms with Crippen molar-refractivity contribution in [3.8, 4) is 11.4 Å². The van der Waals surface area contributed by atoms with E-state index in [9.17, 15) is 0 Å². The van der Waals surface area contributed by atoms with Crippen LogP contribution in [0.4, 0.5) is 0 Å². The first-order chi connectivity index (χ1) is 11.3. The Balaban J connectivity index is 1.45. The van der Waals surface area contributed by atoms with Gasteiger partial charge < -0.3 is 8.94 Å². The van der Waals surface area contributed by atoms with E-state index in [0.29, 0.717) is 22.8 Å². The summed E-state index contributed by atoms with van der Waals surface area (Å²) in [5.41, 5.74) is 0.900. The van der Waals surface area contributed by atoms with Gasteiger partial charge in [0, 0.05) is 30.1 Å². The van der Waals surface area contributed by atoms with Crippen molar-refractivity contribution in [2.45, 2.75) is 23.8 Å². The van der Waals surface area contributed by atoms with E-state index in [-0.39, 0.29) is 0 Å². The Labute approximate surface area is 141 Å². The molecule has 0 aromatic carbocycles. The average molecular weight is 349 g/mol. The topological polar surface area (TPSA) is 90.7 Å². The molecule has 3 aromatic rings. The molecular formula is C14H15N5O2S2. The zero-order chi connectivity index (χ0) is 15.9. The summed E-state index contributed by atoms with van der Waals surface area (Å²) in [5, 5.41) is 12.6. The Morgan fingerprint density at radius 2 is 2.00 bits per heavy atom. The fraction of sp³-hybridized carbons (Fsp3) is 0.357. The van der Waals surface area contributed by atoms with E-state index in [1.54, 1.807) is 35.9 Å².